The second-order valence-corrected chi connectivity index (χ2v) is 3.52. The van der Waals surface area contributed by atoms with Crippen molar-refractivity contribution in [2.45, 2.75) is 0 Å². The van der Waals surface area contributed by atoms with Gasteiger partial charge in [0.15, 0.2) is 0 Å². The second-order valence-electron chi connectivity index (χ2n) is 3.52. The largest absolute Gasteiger partial charge is 0.397 e. The number of anilines is 1. The number of hydrogen-bond donors (Lipinski definition) is 1. The van der Waals surface area contributed by atoms with Crippen LogP contribution in [0.3, 0.4) is 0 Å². The molecule has 2 N–H and O–H groups in total. The lowest BCUT2D eigenvalue weighted by Gasteiger charge is -1.99. The summed E-state index contributed by atoms with van der Waals surface area (Å²) < 4.78 is 0. The Bertz CT molecular complexity index is 594. The summed E-state index contributed by atoms with van der Waals surface area (Å²) in [6.45, 7) is 0. The summed E-state index contributed by atoms with van der Waals surface area (Å²) in [7, 11) is 0. The fourth-order valence-corrected chi connectivity index (χ4v) is 1.46. The number of nitrogen functional groups attached to an aromatic ring is 1. The lowest BCUT2D eigenvalue weighted by Crippen LogP contribution is -1.88. The van der Waals surface area contributed by atoms with Crippen molar-refractivity contribution >= 4 is 17.6 Å². The quantitative estimate of drug-likeness (QED) is 0.626. The van der Waals surface area contributed by atoms with Crippen LogP contribution in [-0.2, 0) is 0 Å². The third kappa shape index (κ3) is 2.50. The number of benzene rings is 2. The van der Waals surface area contributed by atoms with E-state index < -0.39 is 0 Å². The zero-order valence-corrected chi connectivity index (χ0v) is 9.17. The fraction of sp³-hybridized carbons (Fsp3) is 0. The Morgan fingerprint density at radius 2 is 1.76 bits per heavy atom. The van der Waals surface area contributed by atoms with Gasteiger partial charge in [-0.05, 0) is 18.2 Å². The van der Waals surface area contributed by atoms with Crippen molar-refractivity contribution in [1.29, 1.82) is 5.26 Å². The van der Waals surface area contributed by atoms with E-state index in [0.29, 0.717) is 16.9 Å². The predicted octanol–water partition coefficient (Wildman–Crippen LogP) is 2.89. The summed E-state index contributed by atoms with van der Waals surface area (Å²) in [5.41, 5.74) is 8.50. The SMILES string of the molecule is N#Cc1ccccc1C=Nc1ccccc1N. The van der Waals surface area contributed by atoms with E-state index in [1.165, 1.54) is 0 Å². The third-order valence-electron chi connectivity index (χ3n) is 2.36. The lowest BCUT2D eigenvalue weighted by atomic mass is 10.1. The molecule has 0 spiro atoms. The number of rotatable bonds is 2. The van der Waals surface area contributed by atoms with E-state index in [-0.39, 0.29) is 0 Å². The van der Waals surface area contributed by atoms with Crippen LogP contribution in [0.1, 0.15) is 11.1 Å². The van der Waals surface area contributed by atoms with Gasteiger partial charge in [0, 0.05) is 11.8 Å². The fourth-order valence-electron chi connectivity index (χ4n) is 1.46. The van der Waals surface area contributed by atoms with Crippen molar-refractivity contribution in [1.82, 2.24) is 0 Å². The van der Waals surface area contributed by atoms with Crippen molar-refractivity contribution < 1.29 is 0 Å². The van der Waals surface area contributed by atoms with Crippen LogP contribution >= 0.6 is 0 Å². The maximum atomic E-state index is 8.93. The standard InChI is InChI=1S/C14H11N3/c15-9-11-5-1-2-6-12(11)10-17-14-8-4-3-7-13(14)16/h1-8,10H,16H2. The molecule has 0 atom stereocenters. The molecule has 2 aromatic rings. The minimum atomic E-state index is 0.603. The van der Waals surface area contributed by atoms with E-state index in [0.717, 1.165) is 5.56 Å². The molecule has 3 heteroatoms. The van der Waals surface area contributed by atoms with E-state index in [2.05, 4.69) is 11.1 Å². The first kappa shape index (κ1) is 10.9. The maximum absolute atomic E-state index is 8.93. The van der Waals surface area contributed by atoms with Gasteiger partial charge >= 0.3 is 0 Å². The summed E-state index contributed by atoms with van der Waals surface area (Å²) in [6, 6.07) is 16.8. The summed E-state index contributed by atoms with van der Waals surface area (Å²) in [5.74, 6) is 0. The Hall–Kier alpha value is -2.60. The molecule has 0 heterocycles. The van der Waals surface area contributed by atoms with Gasteiger partial charge in [-0.25, -0.2) is 0 Å². The molecular formula is C14H11N3. The average Bonchev–Trinajstić information content (AvgIpc) is 2.38. The highest BCUT2D eigenvalue weighted by Crippen LogP contribution is 2.20. The molecular weight excluding hydrogens is 210 g/mol. The molecule has 2 rings (SSSR count). The molecule has 0 saturated carbocycles. The van der Waals surface area contributed by atoms with Gasteiger partial charge in [0.2, 0.25) is 0 Å². The Morgan fingerprint density at radius 1 is 1.06 bits per heavy atom. The van der Waals surface area contributed by atoms with Crippen LogP contribution in [0.25, 0.3) is 0 Å². The number of nitrogens with two attached hydrogens (primary N) is 1. The number of aliphatic imine (C=N–C) groups is 1. The van der Waals surface area contributed by atoms with Crippen molar-refractivity contribution in [3.05, 3.63) is 59.7 Å². The molecule has 0 bridgehead atoms. The lowest BCUT2D eigenvalue weighted by molar-refractivity contribution is 1.46. The molecule has 0 aliphatic heterocycles. The molecule has 0 aliphatic rings. The molecule has 2 aromatic carbocycles. The first-order valence-electron chi connectivity index (χ1n) is 5.19. The number of hydrogen-bond acceptors (Lipinski definition) is 3. The summed E-state index contributed by atoms with van der Waals surface area (Å²) in [6.07, 6.45) is 1.66. The molecule has 0 aliphatic carbocycles. The third-order valence-corrected chi connectivity index (χ3v) is 2.36. The van der Waals surface area contributed by atoms with Crippen molar-refractivity contribution in [2.24, 2.45) is 4.99 Å². The second kappa shape index (κ2) is 4.95. The average molecular weight is 221 g/mol. The normalized spacial score (nSPS) is 10.3. The minimum Gasteiger partial charge on any atom is -0.397 e. The Morgan fingerprint density at radius 3 is 2.53 bits per heavy atom. The molecule has 0 radical (unpaired) electrons. The highest BCUT2D eigenvalue weighted by molar-refractivity contribution is 5.86. The zero-order valence-electron chi connectivity index (χ0n) is 9.17. The molecule has 3 nitrogen and oxygen atoms in total. The van der Waals surface area contributed by atoms with Gasteiger partial charge in [0.25, 0.3) is 0 Å². The Kier molecular flexibility index (Phi) is 3.18. The zero-order chi connectivity index (χ0) is 12.1. The van der Waals surface area contributed by atoms with Crippen LogP contribution in [0.4, 0.5) is 11.4 Å². The van der Waals surface area contributed by atoms with Gasteiger partial charge in [0.1, 0.15) is 0 Å². The number of para-hydroxylation sites is 2. The van der Waals surface area contributed by atoms with Gasteiger partial charge in [-0.2, -0.15) is 5.26 Å². The van der Waals surface area contributed by atoms with Crippen molar-refractivity contribution in [3.63, 3.8) is 0 Å². The van der Waals surface area contributed by atoms with Gasteiger partial charge in [-0.1, -0.05) is 30.3 Å². The molecule has 0 aromatic heterocycles. The highest BCUT2D eigenvalue weighted by atomic mass is 14.8. The predicted molar refractivity (Wildman–Crippen MR) is 69.3 cm³/mol. The maximum Gasteiger partial charge on any atom is 0.0998 e. The summed E-state index contributed by atoms with van der Waals surface area (Å²) in [5, 5.41) is 8.93. The van der Waals surface area contributed by atoms with E-state index >= 15 is 0 Å². The molecule has 0 amide bonds. The topological polar surface area (TPSA) is 62.2 Å². The van der Waals surface area contributed by atoms with Crippen molar-refractivity contribution in [3.8, 4) is 6.07 Å². The first-order chi connectivity index (χ1) is 8.31. The summed E-state index contributed by atoms with van der Waals surface area (Å²) in [4.78, 5) is 4.28. The molecule has 0 fully saturated rings. The molecule has 17 heavy (non-hydrogen) atoms. The van der Waals surface area contributed by atoms with Crippen LogP contribution in [0.2, 0.25) is 0 Å². The van der Waals surface area contributed by atoms with E-state index in [9.17, 15) is 0 Å². The van der Waals surface area contributed by atoms with E-state index in [4.69, 9.17) is 11.0 Å². The minimum absolute atomic E-state index is 0.603. The van der Waals surface area contributed by atoms with Crippen LogP contribution in [0.15, 0.2) is 53.5 Å². The smallest absolute Gasteiger partial charge is 0.0998 e. The van der Waals surface area contributed by atoms with Crippen LogP contribution in [-0.4, -0.2) is 6.21 Å². The van der Waals surface area contributed by atoms with Gasteiger partial charge < -0.3 is 5.73 Å². The van der Waals surface area contributed by atoms with Gasteiger partial charge in [-0.3, -0.25) is 4.99 Å². The number of nitriles is 1. The van der Waals surface area contributed by atoms with Crippen LogP contribution < -0.4 is 5.73 Å². The van der Waals surface area contributed by atoms with Gasteiger partial charge in [-0.15, -0.1) is 0 Å². The molecule has 0 unspecified atom stereocenters. The summed E-state index contributed by atoms with van der Waals surface area (Å²) >= 11 is 0. The van der Waals surface area contributed by atoms with Crippen LogP contribution in [0.5, 0.6) is 0 Å². The molecule has 82 valence electrons. The van der Waals surface area contributed by atoms with Crippen LogP contribution in [0, 0.1) is 11.3 Å². The Balaban J connectivity index is 2.33. The van der Waals surface area contributed by atoms with Gasteiger partial charge in [0.05, 0.1) is 23.0 Å². The number of nitrogens with zero attached hydrogens (tertiary/aromatic N) is 2. The molecule has 0 saturated heterocycles. The first-order valence-corrected chi connectivity index (χ1v) is 5.19. The Labute approximate surface area is 99.8 Å². The monoisotopic (exact) mass is 221 g/mol. The van der Waals surface area contributed by atoms with Crippen molar-refractivity contribution in [2.75, 3.05) is 5.73 Å². The highest BCUT2D eigenvalue weighted by Gasteiger charge is 1.97. The van der Waals surface area contributed by atoms with E-state index in [1.54, 1.807) is 18.3 Å². The van der Waals surface area contributed by atoms with E-state index in [1.807, 2.05) is 36.4 Å².